The van der Waals surface area contributed by atoms with E-state index in [2.05, 4.69) is 30.8 Å². The van der Waals surface area contributed by atoms with E-state index in [0.29, 0.717) is 29.4 Å². The Kier molecular flexibility index (Phi) is 4.31. The molecule has 4 N–H and O–H groups in total. The van der Waals surface area contributed by atoms with Crippen molar-refractivity contribution in [1.82, 2.24) is 20.1 Å². The number of ether oxygens (including phenoxy) is 1. The van der Waals surface area contributed by atoms with E-state index < -0.39 is 0 Å². The van der Waals surface area contributed by atoms with Crippen molar-refractivity contribution in [2.24, 2.45) is 0 Å². The maximum atomic E-state index is 12.5. The summed E-state index contributed by atoms with van der Waals surface area (Å²) in [5.74, 6) is 0.0743. The highest BCUT2D eigenvalue weighted by Gasteiger charge is 2.28. The van der Waals surface area contributed by atoms with Gasteiger partial charge in [0.1, 0.15) is 12.1 Å². The first kappa shape index (κ1) is 16.6. The number of aromatic nitrogens is 2. The van der Waals surface area contributed by atoms with E-state index in [-0.39, 0.29) is 36.7 Å². The first-order valence-corrected chi connectivity index (χ1v) is 8.32. The average molecular weight is 375 g/mol. The molecule has 10 heteroatoms. The van der Waals surface area contributed by atoms with Gasteiger partial charge in [0.15, 0.2) is 12.3 Å². The Labute approximate surface area is 153 Å². The zero-order valence-electron chi connectivity index (χ0n) is 13.5. The summed E-state index contributed by atoms with van der Waals surface area (Å²) in [4.78, 5) is 34.8. The van der Waals surface area contributed by atoms with Crippen molar-refractivity contribution < 1.29 is 14.3 Å². The fraction of sp³-hybridized carbons (Fsp3) is 0.250. The maximum Gasteiger partial charge on any atom is 0.272 e. The number of nitrogens with zero attached hydrogens (tertiary/aromatic N) is 2. The Balaban J connectivity index is 1.48. The van der Waals surface area contributed by atoms with Crippen molar-refractivity contribution in [3.8, 4) is 5.75 Å². The van der Waals surface area contributed by atoms with Gasteiger partial charge in [-0.05, 0) is 29.5 Å². The Hall–Kier alpha value is -2.91. The molecule has 0 saturated heterocycles. The minimum absolute atomic E-state index is 0.00700. The summed E-state index contributed by atoms with van der Waals surface area (Å²) >= 11 is 5.69. The molecule has 4 rings (SSSR count). The Bertz CT molecular complexity index is 890. The lowest BCUT2D eigenvalue weighted by molar-refractivity contribution is -0.118. The zero-order chi connectivity index (χ0) is 18.1. The second kappa shape index (κ2) is 6.77. The molecule has 0 bridgehead atoms. The number of halogens is 1. The van der Waals surface area contributed by atoms with E-state index in [9.17, 15) is 9.59 Å². The van der Waals surface area contributed by atoms with Crippen LogP contribution in [0.5, 0.6) is 5.75 Å². The van der Waals surface area contributed by atoms with Crippen molar-refractivity contribution in [1.29, 1.82) is 0 Å². The monoisotopic (exact) mass is 374 g/mol. The molecule has 0 spiro atoms. The molecule has 2 aromatic rings. The fourth-order valence-electron chi connectivity index (χ4n) is 2.91. The number of carbonyl (C=O) groups is 2. The third kappa shape index (κ3) is 3.02. The van der Waals surface area contributed by atoms with Crippen LogP contribution in [0.3, 0.4) is 0 Å². The molecule has 0 fully saturated rings. The van der Waals surface area contributed by atoms with Gasteiger partial charge in [0, 0.05) is 13.1 Å². The molecule has 1 aromatic carbocycles. The van der Waals surface area contributed by atoms with E-state index in [4.69, 9.17) is 16.5 Å². The van der Waals surface area contributed by atoms with Crippen LogP contribution in [0.2, 0.25) is 0 Å². The Morgan fingerprint density at radius 3 is 3.12 bits per heavy atom. The lowest BCUT2D eigenvalue weighted by Gasteiger charge is -2.18. The number of hydrogen-bond acceptors (Lipinski definition) is 7. The van der Waals surface area contributed by atoms with Gasteiger partial charge in [-0.15, -0.1) is 0 Å². The van der Waals surface area contributed by atoms with Gasteiger partial charge < -0.3 is 20.7 Å². The third-order valence-corrected chi connectivity index (χ3v) is 4.43. The maximum absolute atomic E-state index is 12.5. The lowest BCUT2D eigenvalue weighted by Crippen LogP contribution is -2.27. The van der Waals surface area contributed by atoms with Crippen LogP contribution in [-0.4, -0.2) is 34.9 Å². The minimum Gasteiger partial charge on any atom is -0.482 e. The predicted molar refractivity (Wildman–Crippen MR) is 94.0 cm³/mol. The molecule has 134 valence electrons. The first-order chi connectivity index (χ1) is 12.7. The number of amides is 2. The van der Waals surface area contributed by atoms with Crippen molar-refractivity contribution in [2.45, 2.75) is 12.6 Å². The third-order valence-electron chi connectivity index (χ3n) is 4.17. The van der Waals surface area contributed by atoms with E-state index >= 15 is 0 Å². The van der Waals surface area contributed by atoms with Crippen LogP contribution in [0.15, 0.2) is 24.5 Å². The first-order valence-electron chi connectivity index (χ1n) is 7.94. The second-order valence-corrected chi connectivity index (χ2v) is 6.09. The summed E-state index contributed by atoms with van der Waals surface area (Å²) in [7, 11) is 0. The number of benzene rings is 1. The normalized spacial score (nSPS) is 17.4. The van der Waals surface area contributed by atoms with Crippen LogP contribution in [-0.2, 0) is 11.3 Å². The molecule has 0 saturated carbocycles. The quantitative estimate of drug-likeness (QED) is 0.588. The molecule has 2 aliphatic rings. The number of rotatable bonds is 4. The Morgan fingerprint density at radius 1 is 1.38 bits per heavy atom. The van der Waals surface area contributed by atoms with E-state index in [0.717, 1.165) is 5.56 Å². The molecule has 1 aromatic heterocycles. The predicted octanol–water partition coefficient (Wildman–Crippen LogP) is 0.947. The van der Waals surface area contributed by atoms with Gasteiger partial charge in [-0.3, -0.25) is 9.59 Å². The molecular weight excluding hydrogens is 360 g/mol. The number of fused-ring (bicyclic) bond motifs is 2. The summed E-state index contributed by atoms with van der Waals surface area (Å²) in [6.07, 6.45) is 1.34. The molecule has 0 radical (unpaired) electrons. The highest BCUT2D eigenvalue weighted by molar-refractivity contribution is 6.13. The smallest absolute Gasteiger partial charge is 0.272 e. The molecule has 3 heterocycles. The summed E-state index contributed by atoms with van der Waals surface area (Å²) in [5.41, 5.74) is 2.91. The van der Waals surface area contributed by atoms with Crippen molar-refractivity contribution >= 4 is 35.0 Å². The number of anilines is 2. The van der Waals surface area contributed by atoms with Gasteiger partial charge in [0.25, 0.3) is 11.8 Å². The van der Waals surface area contributed by atoms with Crippen LogP contribution < -0.4 is 25.5 Å². The zero-order valence-corrected chi connectivity index (χ0v) is 14.3. The summed E-state index contributed by atoms with van der Waals surface area (Å²) in [6, 6.07) is 5.18. The summed E-state index contributed by atoms with van der Waals surface area (Å²) < 4.78 is 5.32. The molecule has 1 atom stereocenters. The fourth-order valence-corrected chi connectivity index (χ4v) is 3.09. The highest BCUT2D eigenvalue weighted by Crippen LogP contribution is 2.30. The lowest BCUT2D eigenvalue weighted by atomic mass is 10.1. The highest BCUT2D eigenvalue weighted by atomic mass is 35.5. The molecular formula is C16H15ClN6O3. The minimum atomic E-state index is -0.329. The topological polar surface area (TPSA) is 117 Å². The largest absolute Gasteiger partial charge is 0.482 e. The van der Waals surface area contributed by atoms with Crippen LogP contribution in [0.4, 0.5) is 11.4 Å². The van der Waals surface area contributed by atoms with Gasteiger partial charge in [0.05, 0.1) is 23.1 Å². The molecule has 9 nitrogen and oxygen atoms in total. The molecule has 2 aliphatic heterocycles. The van der Waals surface area contributed by atoms with E-state index in [1.165, 1.54) is 6.33 Å². The summed E-state index contributed by atoms with van der Waals surface area (Å²) in [5, 5.41) is 8.66. The second-order valence-electron chi connectivity index (χ2n) is 5.88. The van der Waals surface area contributed by atoms with Gasteiger partial charge in [-0.2, -0.15) is 0 Å². The van der Waals surface area contributed by atoms with E-state index in [1.54, 1.807) is 12.1 Å². The number of nitrogens with one attached hydrogen (secondary N) is 4. The molecule has 0 aliphatic carbocycles. The van der Waals surface area contributed by atoms with Crippen LogP contribution >= 0.6 is 11.8 Å². The van der Waals surface area contributed by atoms with Gasteiger partial charge in [-0.25, -0.2) is 14.8 Å². The van der Waals surface area contributed by atoms with Crippen LogP contribution in [0.25, 0.3) is 0 Å². The molecule has 2 amide bonds. The average Bonchev–Trinajstić information content (AvgIpc) is 3.09. The summed E-state index contributed by atoms with van der Waals surface area (Å²) in [6.45, 7) is 0.813. The number of hydrogen-bond donors (Lipinski definition) is 4. The number of carbonyl (C=O) groups excluding carboxylic acids is 2. The SMILES string of the molecule is O=C1COc2ccc(CNC(=O)c3ncnc4c3NCC4NCl)cc2N1. The van der Waals surface area contributed by atoms with Crippen LogP contribution in [0.1, 0.15) is 27.8 Å². The van der Waals surface area contributed by atoms with Gasteiger partial charge in [-0.1, -0.05) is 6.07 Å². The van der Waals surface area contributed by atoms with Crippen molar-refractivity contribution in [2.75, 3.05) is 23.8 Å². The van der Waals surface area contributed by atoms with E-state index in [1.807, 2.05) is 6.07 Å². The molecule has 26 heavy (non-hydrogen) atoms. The Morgan fingerprint density at radius 2 is 2.27 bits per heavy atom. The van der Waals surface area contributed by atoms with Crippen molar-refractivity contribution in [3.05, 3.63) is 41.5 Å². The standard InChI is InChI=1S/C16H15ClN6O3/c17-23-10-5-18-14-13(10)20-7-21-15(14)16(25)19-4-8-1-2-11-9(3-8)22-12(24)6-26-11/h1-3,7,10,18,23H,4-6H2,(H,19,25)(H,22,24). The van der Waals surface area contributed by atoms with Crippen molar-refractivity contribution in [3.63, 3.8) is 0 Å². The molecule has 1 unspecified atom stereocenters. The van der Waals surface area contributed by atoms with Gasteiger partial charge in [0.2, 0.25) is 0 Å². The van der Waals surface area contributed by atoms with Gasteiger partial charge >= 0.3 is 0 Å². The van der Waals surface area contributed by atoms with Crippen LogP contribution in [0, 0.1) is 0 Å².